The summed E-state index contributed by atoms with van der Waals surface area (Å²) in [6, 6.07) is 7.87. The third-order valence-electron chi connectivity index (χ3n) is 2.83. The first-order chi connectivity index (χ1) is 8.62. The Labute approximate surface area is 117 Å². The second-order valence-corrected chi connectivity index (χ2v) is 7.59. The fourth-order valence-electron chi connectivity index (χ4n) is 1.98. The molecular formula is C12H16ClNO2S2. The van der Waals surface area contributed by atoms with Gasteiger partial charge in [-0.1, -0.05) is 18.2 Å². The molecule has 3 nitrogen and oxygen atoms in total. The van der Waals surface area contributed by atoms with Gasteiger partial charge in [-0.05, 0) is 30.2 Å². The Morgan fingerprint density at radius 2 is 2.17 bits per heavy atom. The second kappa shape index (κ2) is 6.28. The number of rotatable bonds is 5. The predicted octanol–water partition coefficient (Wildman–Crippen LogP) is 2.77. The first-order valence-corrected chi connectivity index (χ1v) is 9.07. The minimum atomic E-state index is -3.23. The van der Waals surface area contributed by atoms with Crippen LogP contribution in [0.3, 0.4) is 0 Å². The van der Waals surface area contributed by atoms with Gasteiger partial charge >= 0.3 is 0 Å². The van der Waals surface area contributed by atoms with E-state index in [1.165, 1.54) is 4.90 Å². The molecule has 1 N–H and O–H groups in total. The van der Waals surface area contributed by atoms with E-state index in [9.17, 15) is 8.42 Å². The van der Waals surface area contributed by atoms with Gasteiger partial charge in [0.05, 0.1) is 5.75 Å². The molecule has 0 spiro atoms. The van der Waals surface area contributed by atoms with E-state index in [1.54, 1.807) is 11.8 Å². The molecule has 0 amide bonds. The van der Waals surface area contributed by atoms with E-state index in [0.717, 1.165) is 17.7 Å². The molecule has 0 saturated carbocycles. The van der Waals surface area contributed by atoms with Gasteiger partial charge < -0.3 is 0 Å². The molecule has 1 aliphatic rings. The van der Waals surface area contributed by atoms with Crippen LogP contribution in [0, 0.1) is 0 Å². The Hall–Kier alpha value is -0.230. The molecule has 0 aromatic heterocycles. The first-order valence-electron chi connectivity index (χ1n) is 5.90. The van der Waals surface area contributed by atoms with E-state index >= 15 is 0 Å². The fourth-order valence-corrected chi connectivity index (χ4v) is 4.72. The van der Waals surface area contributed by atoms with Gasteiger partial charge in [0.25, 0.3) is 0 Å². The Balaban J connectivity index is 2.12. The van der Waals surface area contributed by atoms with Crippen molar-refractivity contribution in [1.82, 2.24) is 4.72 Å². The molecule has 1 aromatic rings. The highest BCUT2D eigenvalue weighted by molar-refractivity contribution is 7.99. The molecule has 2 rings (SSSR count). The molecular weight excluding hydrogens is 290 g/mol. The molecule has 1 atom stereocenters. The molecule has 18 heavy (non-hydrogen) atoms. The van der Waals surface area contributed by atoms with Crippen LogP contribution in [0.5, 0.6) is 0 Å². The lowest BCUT2D eigenvalue weighted by atomic mass is 10.1. The molecule has 0 fully saturated rings. The SMILES string of the molecule is O=S(=O)(CCCCl)NC1CCSc2ccccc21. The topological polar surface area (TPSA) is 46.2 Å². The van der Waals surface area contributed by atoms with Crippen LogP contribution < -0.4 is 4.72 Å². The molecule has 1 unspecified atom stereocenters. The van der Waals surface area contributed by atoms with Crippen LogP contribution in [-0.2, 0) is 10.0 Å². The van der Waals surface area contributed by atoms with Crippen LogP contribution in [0.4, 0.5) is 0 Å². The average Bonchev–Trinajstić information content (AvgIpc) is 2.37. The van der Waals surface area contributed by atoms with E-state index in [0.29, 0.717) is 12.3 Å². The van der Waals surface area contributed by atoms with Crippen LogP contribution in [0.15, 0.2) is 29.2 Å². The molecule has 0 saturated heterocycles. The van der Waals surface area contributed by atoms with Crippen LogP contribution in [-0.4, -0.2) is 25.8 Å². The maximum absolute atomic E-state index is 11.9. The summed E-state index contributed by atoms with van der Waals surface area (Å²) in [6.07, 6.45) is 1.32. The number of benzene rings is 1. The van der Waals surface area contributed by atoms with Crippen molar-refractivity contribution in [3.63, 3.8) is 0 Å². The smallest absolute Gasteiger partial charge is 0.212 e. The zero-order chi connectivity index (χ0) is 13.0. The van der Waals surface area contributed by atoms with Crippen LogP contribution >= 0.6 is 23.4 Å². The van der Waals surface area contributed by atoms with Gasteiger partial charge in [0.2, 0.25) is 10.0 Å². The van der Waals surface area contributed by atoms with E-state index < -0.39 is 10.0 Å². The number of hydrogen-bond donors (Lipinski definition) is 1. The number of hydrogen-bond acceptors (Lipinski definition) is 3. The van der Waals surface area contributed by atoms with E-state index in [1.807, 2.05) is 24.3 Å². The highest BCUT2D eigenvalue weighted by Gasteiger charge is 2.24. The number of halogens is 1. The summed E-state index contributed by atoms with van der Waals surface area (Å²) in [4.78, 5) is 1.17. The molecule has 0 aliphatic carbocycles. The summed E-state index contributed by atoms with van der Waals surface area (Å²) >= 11 is 7.32. The largest absolute Gasteiger partial charge is 0.212 e. The van der Waals surface area contributed by atoms with E-state index in [2.05, 4.69) is 4.72 Å². The van der Waals surface area contributed by atoms with Gasteiger partial charge in [0.1, 0.15) is 0 Å². The number of thioether (sulfide) groups is 1. The summed E-state index contributed by atoms with van der Waals surface area (Å²) in [6.45, 7) is 0. The fraction of sp³-hybridized carbons (Fsp3) is 0.500. The van der Waals surface area contributed by atoms with Gasteiger partial charge in [0.15, 0.2) is 0 Å². The van der Waals surface area contributed by atoms with Crippen molar-refractivity contribution >= 4 is 33.4 Å². The van der Waals surface area contributed by atoms with Crippen molar-refractivity contribution in [3.05, 3.63) is 29.8 Å². The maximum Gasteiger partial charge on any atom is 0.212 e. The summed E-state index contributed by atoms with van der Waals surface area (Å²) < 4.78 is 26.6. The molecule has 0 bridgehead atoms. The Morgan fingerprint density at radius 3 is 2.94 bits per heavy atom. The van der Waals surface area contributed by atoms with Gasteiger partial charge in [0, 0.05) is 16.8 Å². The lowest BCUT2D eigenvalue weighted by Crippen LogP contribution is -2.32. The van der Waals surface area contributed by atoms with Crippen molar-refractivity contribution in [2.45, 2.75) is 23.8 Å². The normalized spacial score (nSPS) is 19.5. The highest BCUT2D eigenvalue weighted by Crippen LogP contribution is 2.36. The van der Waals surface area contributed by atoms with Crippen molar-refractivity contribution in [3.8, 4) is 0 Å². The second-order valence-electron chi connectivity index (χ2n) is 4.21. The van der Waals surface area contributed by atoms with Crippen LogP contribution in [0.2, 0.25) is 0 Å². The van der Waals surface area contributed by atoms with E-state index in [4.69, 9.17) is 11.6 Å². The molecule has 100 valence electrons. The van der Waals surface area contributed by atoms with Crippen LogP contribution in [0.25, 0.3) is 0 Å². The van der Waals surface area contributed by atoms with Crippen molar-refractivity contribution in [2.24, 2.45) is 0 Å². The average molecular weight is 306 g/mol. The molecule has 1 aliphatic heterocycles. The zero-order valence-corrected chi connectivity index (χ0v) is 12.3. The van der Waals surface area contributed by atoms with Crippen LogP contribution in [0.1, 0.15) is 24.4 Å². The van der Waals surface area contributed by atoms with Crippen molar-refractivity contribution < 1.29 is 8.42 Å². The molecule has 1 heterocycles. The monoisotopic (exact) mass is 305 g/mol. The lowest BCUT2D eigenvalue weighted by molar-refractivity contribution is 0.545. The minimum absolute atomic E-state index is 0.0947. The van der Waals surface area contributed by atoms with Gasteiger partial charge in [-0.15, -0.1) is 23.4 Å². The Morgan fingerprint density at radius 1 is 1.39 bits per heavy atom. The number of alkyl halides is 1. The molecule has 1 aromatic carbocycles. The van der Waals surface area contributed by atoms with Crippen molar-refractivity contribution in [1.29, 1.82) is 0 Å². The minimum Gasteiger partial charge on any atom is -0.212 e. The molecule has 6 heteroatoms. The summed E-state index contributed by atoms with van der Waals surface area (Å²) in [5.41, 5.74) is 1.09. The van der Waals surface area contributed by atoms with Crippen molar-refractivity contribution in [2.75, 3.05) is 17.4 Å². The standard InChI is InChI=1S/C12H16ClNO2S2/c13-7-3-9-18(15,16)14-11-6-8-17-12-5-2-1-4-10(11)12/h1-2,4-5,11,14H,3,6-9H2. The van der Waals surface area contributed by atoms with Gasteiger partial charge in [-0.3, -0.25) is 0 Å². The third kappa shape index (κ3) is 3.63. The maximum atomic E-state index is 11.9. The quantitative estimate of drug-likeness (QED) is 0.851. The predicted molar refractivity (Wildman–Crippen MR) is 76.8 cm³/mol. The zero-order valence-electron chi connectivity index (χ0n) is 9.93. The number of sulfonamides is 1. The van der Waals surface area contributed by atoms with Gasteiger partial charge in [-0.25, -0.2) is 13.1 Å². The summed E-state index contributed by atoms with van der Waals surface area (Å²) in [5, 5.41) is 0. The first kappa shape index (κ1) is 14.2. The van der Waals surface area contributed by atoms with E-state index in [-0.39, 0.29) is 11.8 Å². The summed E-state index contributed by atoms with van der Waals surface area (Å²) in [7, 11) is -3.23. The number of nitrogens with one attached hydrogen (secondary N) is 1. The Kier molecular flexibility index (Phi) is 4.95. The molecule has 0 radical (unpaired) electrons. The third-order valence-corrected chi connectivity index (χ3v) is 5.69. The highest BCUT2D eigenvalue weighted by atomic mass is 35.5. The number of fused-ring (bicyclic) bond motifs is 1. The Bertz CT molecular complexity index is 505. The van der Waals surface area contributed by atoms with Gasteiger partial charge in [-0.2, -0.15) is 0 Å². The summed E-state index contributed by atoms with van der Waals surface area (Å²) in [5.74, 6) is 1.42. The lowest BCUT2D eigenvalue weighted by Gasteiger charge is -2.25.